The van der Waals surface area contributed by atoms with Gasteiger partial charge in [0.05, 0.1) is 154 Å². The minimum Gasteiger partial charge on any atom is -0.393 e. The van der Waals surface area contributed by atoms with Crippen molar-refractivity contribution in [3.05, 3.63) is 0 Å². The maximum atomic E-state index is 9.36. The zero-order valence-electron chi connectivity index (χ0n) is 73.0. The van der Waals surface area contributed by atoms with Gasteiger partial charge in [0.25, 0.3) is 0 Å². The normalized spacial score (nSPS) is 12.6. The van der Waals surface area contributed by atoms with E-state index in [0.29, 0.717) is 111 Å². The smallest absolute Gasteiger partial charge is 0.101 e. The average molecular weight is 1800 g/mol. The van der Waals surface area contributed by atoms with Crippen molar-refractivity contribution in [2.75, 3.05) is 165 Å². The Morgan fingerprint density at radius 2 is 0.504 bits per heavy atom. The van der Waals surface area contributed by atoms with Gasteiger partial charge in [0.15, 0.2) is 0 Å². The Morgan fingerprint density at radius 3 is 0.863 bits per heavy atom. The van der Waals surface area contributed by atoms with Gasteiger partial charge < -0.3 is 98.8 Å². The van der Waals surface area contributed by atoms with Crippen LogP contribution in [0.3, 0.4) is 0 Å². The Bertz CT molecular complexity index is 1340. The van der Waals surface area contributed by atoms with Gasteiger partial charge in [-0.25, -0.2) is 0 Å². The van der Waals surface area contributed by atoms with Gasteiger partial charge in [-0.05, 0) is 132 Å². The van der Waals surface area contributed by atoms with Crippen molar-refractivity contribution in [3.8, 4) is 0 Å². The molecule has 0 radical (unpaired) electrons. The van der Waals surface area contributed by atoms with Crippen LogP contribution in [0.15, 0.2) is 0 Å². The number of rotatable bonds is 63. The quantitative estimate of drug-likeness (QED) is 0.0252. The maximum absolute atomic E-state index is 9.36. The van der Waals surface area contributed by atoms with Crippen LogP contribution in [0, 0.1) is 5.41 Å². The molecule has 117 heavy (non-hydrogen) atoms. The van der Waals surface area contributed by atoms with Crippen LogP contribution < -0.4 is 0 Å². The third-order valence-corrected chi connectivity index (χ3v) is 18.3. The number of ether oxygens (including phenoxy) is 9. The monoisotopic (exact) mass is 1790 g/mol. The highest BCUT2D eigenvalue weighted by atomic mass is 32.2. The molecule has 0 aliphatic heterocycles. The second-order valence-electron chi connectivity index (χ2n) is 26.2. The summed E-state index contributed by atoms with van der Waals surface area (Å²) in [5.74, 6) is 8.70. The lowest BCUT2D eigenvalue weighted by Crippen LogP contribution is -2.27. The van der Waals surface area contributed by atoms with Gasteiger partial charge in [-0.3, -0.25) is 0 Å². The molecule has 24 heteroatoms. The summed E-state index contributed by atoms with van der Waals surface area (Å²) in [6.45, 7) is 53.7. The third kappa shape index (κ3) is 191. The van der Waals surface area contributed by atoms with Crippen LogP contribution in [-0.4, -0.2) is 288 Å². The van der Waals surface area contributed by atoms with Crippen molar-refractivity contribution < 1.29 is 98.8 Å². The fourth-order valence-electron chi connectivity index (χ4n) is 6.98. The first-order chi connectivity index (χ1) is 50.7. The zero-order chi connectivity index (χ0) is 83.0. The molecule has 744 valence electrons. The molecule has 0 amide bonds. The first-order valence-electron chi connectivity index (χ1n) is 41.7. The molecule has 11 N–H and O–H groups in total. The van der Waals surface area contributed by atoms with E-state index in [1.165, 1.54) is 80.8 Å². The van der Waals surface area contributed by atoms with Crippen LogP contribution in [0.2, 0.25) is 0 Å². The van der Waals surface area contributed by atoms with Gasteiger partial charge in [0, 0.05) is 43.3 Å². The molecule has 20 nitrogen and oxygen atoms in total. The van der Waals surface area contributed by atoms with Crippen molar-refractivity contribution in [2.24, 2.45) is 5.41 Å². The van der Waals surface area contributed by atoms with E-state index in [2.05, 4.69) is 76.2 Å². The maximum Gasteiger partial charge on any atom is 0.101 e. The summed E-state index contributed by atoms with van der Waals surface area (Å²) in [6.07, 6.45) is 19.4. The van der Waals surface area contributed by atoms with E-state index in [9.17, 15) is 25.5 Å². The van der Waals surface area contributed by atoms with Gasteiger partial charge in [-0.1, -0.05) is 277 Å². The highest BCUT2D eigenvalue weighted by Crippen LogP contribution is 2.16. The van der Waals surface area contributed by atoms with Crippen molar-refractivity contribution in [1.82, 2.24) is 0 Å². The molecule has 0 saturated carbocycles. The molecule has 0 aromatic heterocycles. The Kier molecular flexibility index (Phi) is 225. The van der Waals surface area contributed by atoms with Gasteiger partial charge >= 0.3 is 0 Å². The number of hydrogen-bond acceptors (Lipinski definition) is 24. The predicted octanol–water partition coefficient (Wildman–Crippen LogP) is 22.9. The summed E-state index contributed by atoms with van der Waals surface area (Å²) in [7, 11) is 0. The van der Waals surface area contributed by atoms with E-state index in [4.69, 9.17) is 73.3 Å². The molecule has 0 aliphatic carbocycles. The van der Waals surface area contributed by atoms with Gasteiger partial charge in [0.1, 0.15) is 6.10 Å². The van der Waals surface area contributed by atoms with Crippen molar-refractivity contribution in [2.45, 2.75) is 442 Å². The summed E-state index contributed by atoms with van der Waals surface area (Å²) in [5.41, 5.74) is 0.0312. The fourth-order valence-corrected chi connectivity index (χ4v) is 9.72. The first-order valence-corrected chi connectivity index (χ1v) is 46.3. The molecule has 11 unspecified atom stereocenters. The molecule has 0 bridgehead atoms. The molecule has 0 rings (SSSR count). The lowest BCUT2D eigenvalue weighted by atomic mass is 9.96. The van der Waals surface area contributed by atoms with Crippen LogP contribution >= 0.6 is 47.0 Å². The third-order valence-electron chi connectivity index (χ3n) is 14.3. The molecule has 11 atom stereocenters. The summed E-state index contributed by atoms with van der Waals surface area (Å²) in [5, 5.41) is 101. The Labute approximate surface area is 754 Å². The van der Waals surface area contributed by atoms with Gasteiger partial charge in [0.2, 0.25) is 0 Å². The second kappa shape index (κ2) is 154. The fraction of sp³-hybridized carbons (Fsp3) is 1.00. The van der Waals surface area contributed by atoms with Crippen molar-refractivity contribution >= 4 is 47.0 Å². The molecule has 0 aromatic carbocycles. The van der Waals surface area contributed by atoms with Crippen LogP contribution in [0.1, 0.15) is 375 Å². The molecule has 0 aliphatic rings. The summed E-state index contributed by atoms with van der Waals surface area (Å²) in [4.78, 5) is 0. The lowest BCUT2D eigenvalue weighted by Gasteiger charge is -2.24. The van der Waals surface area contributed by atoms with Gasteiger partial charge in [-0.2, -0.15) is 47.0 Å². The molecule has 0 heterocycles. The van der Waals surface area contributed by atoms with E-state index in [1.807, 2.05) is 99.7 Å². The second-order valence-corrected chi connectivity index (χ2v) is 31.6. The van der Waals surface area contributed by atoms with Crippen LogP contribution in [0.25, 0.3) is 0 Å². The standard InChI is InChI=1S/C11H24O3.C11H24O.C10H22O3.C9H20O4.C9H20O3S.C9H20O2S.C8H18O3.C6H14OS.C6H14S.C3H8.11CH4/c1-5-10(12)7-14-9-11(3,4)8-13-6-2;1-3-5-6-7-8-9-10-11(12)4-2;1-3-5-6-10(12)8-13-7-9(11)4-2;1-3-8(10)5-13-7-9(11)6-12-4-2;1-3-8(10)5-12-6-9(11)7-13-4-2;1-3-9(10)8-11-6-5-7-12-4-2;1-3-8(9)7-11-6-5-10-4-2;1-3-6(7)5-8-4-2;1-3-5-6-7-4-2;1-3-2;;;;;;;;;;;/h10,12H,5-9H2,1-4H3;11-12H,3-10H2,1-2H3;9-12H,3-8H2,1-2H3;2*8-11H,3-7H2,1-2H3;9-10H,3-8H2,1-2H3;8-9H,3-7H2,1-2H3;6-7H,3-5H2,1-2H3;3-6H2,1-2H3;3H2,1-2H3;11*1H4. The molecular weight excluding hydrogens is 1570 g/mol. The molecule has 0 fully saturated rings. The number of aliphatic hydroxyl groups excluding tert-OH is 11. The minimum absolute atomic E-state index is 0. The largest absolute Gasteiger partial charge is 0.393 e. The first kappa shape index (κ1) is 171. The number of thioether (sulfide) groups is 4. The molecule has 0 saturated heterocycles. The Morgan fingerprint density at radius 1 is 0.231 bits per heavy atom. The summed E-state index contributed by atoms with van der Waals surface area (Å²) < 4.78 is 46.5. The van der Waals surface area contributed by atoms with E-state index >= 15 is 0 Å². The molecule has 0 spiro atoms. The number of hydrogen-bond donors (Lipinski definition) is 11. The minimum atomic E-state index is -0.594. The van der Waals surface area contributed by atoms with Crippen molar-refractivity contribution in [1.29, 1.82) is 0 Å². The predicted molar refractivity (Wildman–Crippen MR) is 536 cm³/mol. The van der Waals surface area contributed by atoms with Crippen LogP contribution in [-0.2, 0) is 42.6 Å². The highest BCUT2D eigenvalue weighted by Gasteiger charge is 2.19. The topological polar surface area (TPSA) is 306 Å². The summed E-state index contributed by atoms with van der Waals surface area (Å²) >= 11 is 7.44. The summed E-state index contributed by atoms with van der Waals surface area (Å²) in [6, 6.07) is 0. The Balaban J connectivity index is -0.0000000461. The molecule has 0 aromatic rings. The average Bonchev–Trinajstić information content (AvgIpc) is 0.938. The SMILES string of the molecule is C.C.C.C.C.C.C.C.C.C.C.CCC.CCCCC(O)COCC(O)CC.CCCCCCCCC(O)CC.CCCCSCC.CCOCC(C)(C)COCC(O)CC.CCOCC(O)COCC(O)CC.CCOCCOCC(O)CC.CCSCC(O)CC.CCSCC(O)COCC(O)CC.CCSCCCOCC(O)CC. The van der Waals surface area contributed by atoms with Crippen LogP contribution in [0.5, 0.6) is 0 Å². The molecular formula is C93H228O20S4. The van der Waals surface area contributed by atoms with Crippen LogP contribution in [0.4, 0.5) is 0 Å². The van der Waals surface area contributed by atoms with E-state index < -0.39 is 30.5 Å². The zero-order valence-corrected chi connectivity index (χ0v) is 76.3. The van der Waals surface area contributed by atoms with E-state index in [-0.39, 0.29) is 137 Å². The van der Waals surface area contributed by atoms with Crippen molar-refractivity contribution in [3.63, 3.8) is 0 Å². The van der Waals surface area contributed by atoms with E-state index in [1.54, 1.807) is 23.5 Å². The Hall–Kier alpha value is 0.600. The van der Waals surface area contributed by atoms with Gasteiger partial charge in [-0.15, -0.1) is 0 Å². The highest BCUT2D eigenvalue weighted by molar-refractivity contribution is 7.99. The lowest BCUT2D eigenvalue weighted by molar-refractivity contribution is -0.0379. The number of unbranched alkanes of at least 4 members (excludes halogenated alkanes) is 7. The van der Waals surface area contributed by atoms with E-state index in [0.717, 1.165) is 101 Å². The number of aliphatic hydroxyl groups is 11.